The average molecular weight is 265 g/mol. The van der Waals surface area contributed by atoms with Crippen molar-refractivity contribution >= 4 is 5.91 Å². The molecule has 0 N–H and O–H groups in total. The zero-order valence-corrected chi connectivity index (χ0v) is 11.5. The molecule has 1 aromatic carbocycles. The number of carbonyl (C=O) groups is 1. The Bertz CT molecular complexity index is 568. The first-order chi connectivity index (χ1) is 9.65. The molecule has 0 saturated heterocycles. The average Bonchev–Trinajstić information content (AvgIpc) is 2.48. The van der Waals surface area contributed by atoms with Gasteiger partial charge in [-0.1, -0.05) is 54.6 Å². The minimum Gasteiger partial charge on any atom is -0.324 e. The lowest BCUT2D eigenvalue weighted by molar-refractivity contribution is -0.137. The van der Waals surface area contributed by atoms with Crippen molar-refractivity contribution in [2.75, 3.05) is 6.54 Å². The summed E-state index contributed by atoms with van der Waals surface area (Å²) in [5.41, 5.74) is 0.357. The van der Waals surface area contributed by atoms with Gasteiger partial charge in [-0.2, -0.15) is 5.26 Å². The highest BCUT2D eigenvalue weighted by atomic mass is 16.2. The number of nitriles is 1. The molecular formula is C17H17N2O. The molecule has 1 unspecified atom stereocenters. The second kappa shape index (κ2) is 6.21. The van der Waals surface area contributed by atoms with Gasteiger partial charge in [0.25, 0.3) is 0 Å². The Kier molecular flexibility index (Phi) is 4.37. The van der Waals surface area contributed by atoms with Crippen LogP contribution in [0.2, 0.25) is 0 Å². The Morgan fingerprint density at radius 2 is 2.00 bits per heavy atom. The Balaban J connectivity index is 2.16. The van der Waals surface area contributed by atoms with Crippen molar-refractivity contribution in [1.29, 1.82) is 5.26 Å². The molecule has 1 amide bonds. The van der Waals surface area contributed by atoms with Crippen LogP contribution in [-0.4, -0.2) is 17.4 Å². The van der Waals surface area contributed by atoms with E-state index in [1.165, 1.54) is 0 Å². The summed E-state index contributed by atoms with van der Waals surface area (Å²) in [6.45, 7) is 2.41. The quantitative estimate of drug-likeness (QED) is 0.786. The third-order valence-electron chi connectivity index (χ3n) is 3.33. The molecule has 2 rings (SSSR count). The minimum absolute atomic E-state index is 0.0523. The van der Waals surface area contributed by atoms with Crippen LogP contribution in [0.25, 0.3) is 0 Å². The normalized spacial score (nSPS) is 20.4. The summed E-state index contributed by atoms with van der Waals surface area (Å²) < 4.78 is 0. The molecule has 1 radical (unpaired) electrons. The number of hydrogen-bond acceptors (Lipinski definition) is 2. The number of allylic oxidation sites excluding steroid dienone is 3. The molecule has 3 nitrogen and oxygen atoms in total. The summed E-state index contributed by atoms with van der Waals surface area (Å²) in [6, 6.07) is 11.8. The molecule has 20 heavy (non-hydrogen) atoms. The zero-order valence-electron chi connectivity index (χ0n) is 11.5. The van der Waals surface area contributed by atoms with Crippen LogP contribution < -0.4 is 0 Å². The van der Waals surface area contributed by atoms with Crippen LogP contribution in [0.5, 0.6) is 0 Å². The third-order valence-corrected chi connectivity index (χ3v) is 3.33. The second-order valence-corrected chi connectivity index (χ2v) is 5.00. The molecule has 3 heteroatoms. The largest absolute Gasteiger partial charge is 0.324 e. The maximum atomic E-state index is 12.7. The van der Waals surface area contributed by atoms with Crippen molar-refractivity contribution < 1.29 is 4.79 Å². The van der Waals surface area contributed by atoms with E-state index >= 15 is 0 Å². The number of nitrogens with zero attached hydrogens (tertiary/aromatic N) is 2. The predicted molar refractivity (Wildman–Crippen MR) is 78.2 cm³/mol. The van der Waals surface area contributed by atoms with E-state index in [4.69, 9.17) is 5.26 Å². The van der Waals surface area contributed by atoms with Gasteiger partial charge in [-0.15, -0.1) is 0 Å². The van der Waals surface area contributed by atoms with Gasteiger partial charge < -0.3 is 4.90 Å². The number of hydrogen-bond donors (Lipinski definition) is 0. The van der Waals surface area contributed by atoms with Gasteiger partial charge >= 0.3 is 0 Å². The summed E-state index contributed by atoms with van der Waals surface area (Å²) in [4.78, 5) is 14.3. The molecule has 0 fully saturated rings. The minimum atomic E-state index is -0.666. The van der Waals surface area contributed by atoms with Gasteiger partial charge in [0.15, 0.2) is 0 Å². The molecule has 0 heterocycles. The van der Waals surface area contributed by atoms with Gasteiger partial charge in [0.05, 0.1) is 11.5 Å². The highest BCUT2D eigenvalue weighted by molar-refractivity contribution is 5.87. The molecule has 101 valence electrons. The molecule has 0 aliphatic heterocycles. The standard InChI is InChI=1S/C17H17N2O/c1-17(10-6-3-7-11-17)16(20)19(13-12-18)14-15-8-4-2-5-9-15/h2-11H,13-14H2,1H3. The van der Waals surface area contributed by atoms with Gasteiger partial charge in [-0.25, -0.2) is 0 Å². The molecule has 0 aromatic heterocycles. The summed E-state index contributed by atoms with van der Waals surface area (Å²) >= 11 is 0. The monoisotopic (exact) mass is 265 g/mol. The molecule has 1 atom stereocenters. The van der Waals surface area contributed by atoms with Crippen molar-refractivity contribution in [2.45, 2.75) is 13.5 Å². The molecule has 1 aromatic rings. The van der Waals surface area contributed by atoms with Crippen LogP contribution in [0.4, 0.5) is 0 Å². The van der Waals surface area contributed by atoms with E-state index in [0.29, 0.717) is 6.54 Å². The lowest BCUT2D eigenvalue weighted by Crippen LogP contribution is -2.41. The summed E-state index contributed by atoms with van der Waals surface area (Å²) in [6.07, 6.45) is 9.35. The topological polar surface area (TPSA) is 44.1 Å². The fraction of sp³-hybridized carbons (Fsp3) is 0.235. The Morgan fingerprint density at radius 1 is 1.25 bits per heavy atom. The van der Waals surface area contributed by atoms with E-state index in [1.807, 2.05) is 68.0 Å². The van der Waals surface area contributed by atoms with Gasteiger partial charge in [0.2, 0.25) is 5.91 Å². The smallest absolute Gasteiger partial charge is 0.234 e. The van der Waals surface area contributed by atoms with Crippen LogP contribution in [0, 0.1) is 23.2 Å². The third kappa shape index (κ3) is 3.16. The first-order valence-electron chi connectivity index (χ1n) is 6.56. The number of benzene rings is 1. The van der Waals surface area contributed by atoms with Gasteiger partial charge in [0.1, 0.15) is 6.54 Å². The highest BCUT2D eigenvalue weighted by Gasteiger charge is 2.34. The van der Waals surface area contributed by atoms with Crippen molar-refractivity contribution in [3.8, 4) is 6.07 Å². The van der Waals surface area contributed by atoms with E-state index in [0.717, 1.165) is 5.56 Å². The molecule has 0 bridgehead atoms. The maximum Gasteiger partial charge on any atom is 0.234 e. The first-order valence-corrected chi connectivity index (χ1v) is 6.56. The van der Waals surface area contributed by atoms with Crippen LogP contribution in [0.3, 0.4) is 0 Å². The lowest BCUT2D eigenvalue weighted by Gasteiger charge is -2.31. The number of amides is 1. The first kappa shape index (κ1) is 14.1. The van der Waals surface area contributed by atoms with Crippen LogP contribution in [-0.2, 0) is 11.3 Å². The highest BCUT2D eigenvalue weighted by Crippen LogP contribution is 2.29. The molecule has 1 aliphatic carbocycles. The van der Waals surface area contributed by atoms with Crippen LogP contribution in [0.1, 0.15) is 12.5 Å². The summed E-state index contributed by atoms with van der Waals surface area (Å²) in [5, 5.41) is 8.96. The van der Waals surface area contributed by atoms with Crippen molar-refractivity contribution in [1.82, 2.24) is 4.90 Å². The number of rotatable bonds is 4. The second-order valence-electron chi connectivity index (χ2n) is 5.00. The van der Waals surface area contributed by atoms with E-state index in [-0.39, 0.29) is 12.5 Å². The Labute approximate surface area is 119 Å². The van der Waals surface area contributed by atoms with E-state index in [9.17, 15) is 4.79 Å². The summed E-state index contributed by atoms with van der Waals surface area (Å²) in [5.74, 6) is -0.0523. The van der Waals surface area contributed by atoms with Gasteiger partial charge in [0, 0.05) is 13.0 Å². The predicted octanol–water partition coefficient (Wildman–Crippen LogP) is 2.88. The molecule has 0 saturated carbocycles. The van der Waals surface area contributed by atoms with E-state index < -0.39 is 5.41 Å². The van der Waals surface area contributed by atoms with E-state index in [2.05, 4.69) is 6.07 Å². The Hall–Kier alpha value is -2.34. The van der Waals surface area contributed by atoms with Crippen molar-refractivity contribution in [3.63, 3.8) is 0 Å². The molecular weight excluding hydrogens is 248 g/mol. The number of carbonyl (C=O) groups excluding carboxylic acids is 1. The maximum absolute atomic E-state index is 12.7. The fourth-order valence-electron chi connectivity index (χ4n) is 2.20. The van der Waals surface area contributed by atoms with E-state index in [1.54, 1.807) is 4.90 Å². The molecule has 0 spiro atoms. The SMILES string of the molecule is CC1(C(=O)N(CC#N)Cc2ccccc2)[CH]C=CC=C1. The van der Waals surface area contributed by atoms with Gasteiger partial charge in [-0.3, -0.25) is 4.79 Å². The fourth-order valence-corrected chi connectivity index (χ4v) is 2.20. The van der Waals surface area contributed by atoms with Crippen LogP contribution >= 0.6 is 0 Å². The van der Waals surface area contributed by atoms with Crippen molar-refractivity contribution in [3.05, 3.63) is 66.6 Å². The molecule has 1 aliphatic rings. The van der Waals surface area contributed by atoms with Crippen LogP contribution in [0.15, 0.2) is 54.6 Å². The van der Waals surface area contributed by atoms with Gasteiger partial charge in [-0.05, 0) is 12.5 Å². The van der Waals surface area contributed by atoms with Crippen molar-refractivity contribution in [2.24, 2.45) is 5.41 Å². The Morgan fingerprint density at radius 3 is 2.60 bits per heavy atom. The lowest BCUT2D eigenvalue weighted by atomic mass is 9.82. The summed E-state index contributed by atoms with van der Waals surface area (Å²) in [7, 11) is 0. The zero-order chi connectivity index (χ0) is 14.4.